The Morgan fingerprint density at radius 2 is 1.69 bits per heavy atom. The summed E-state index contributed by atoms with van der Waals surface area (Å²) in [6.07, 6.45) is 1.31. The molecular weight excluding hydrogens is 525 g/mol. The van der Waals surface area contributed by atoms with Gasteiger partial charge >= 0.3 is 0 Å². The quantitative estimate of drug-likeness (QED) is 0.464. The number of hydrogen-bond acceptors (Lipinski definition) is 5. The zero-order valence-electron chi connectivity index (χ0n) is 21.3. The molecule has 0 saturated heterocycles. The Kier molecular flexibility index (Phi) is 10.0. The number of rotatable bonds is 10. The van der Waals surface area contributed by atoms with Gasteiger partial charge in [-0.15, -0.1) is 0 Å². The fourth-order valence-corrected chi connectivity index (χ4v) is 5.00. The Balaban J connectivity index is 2.48. The van der Waals surface area contributed by atoms with Crippen LogP contribution in [0.2, 0.25) is 10.0 Å². The molecule has 0 aliphatic carbocycles. The number of hydrogen-bond donors (Lipinski definition) is 1. The van der Waals surface area contributed by atoms with Gasteiger partial charge in [0.2, 0.25) is 21.8 Å². The van der Waals surface area contributed by atoms with Gasteiger partial charge in [-0.05, 0) is 63.1 Å². The van der Waals surface area contributed by atoms with E-state index < -0.39 is 34.1 Å². The van der Waals surface area contributed by atoms with Crippen LogP contribution in [0.1, 0.15) is 39.7 Å². The van der Waals surface area contributed by atoms with Crippen molar-refractivity contribution in [1.82, 2.24) is 10.2 Å². The van der Waals surface area contributed by atoms with Crippen LogP contribution >= 0.6 is 23.2 Å². The van der Waals surface area contributed by atoms with Crippen LogP contribution in [-0.4, -0.2) is 56.6 Å². The summed E-state index contributed by atoms with van der Waals surface area (Å²) in [5.74, 6) is -0.241. The molecule has 0 spiro atoms. The van der Waals surface area contributed by atoms with E-state index in [-0.39, 0.29) is 23.2 Å². The Hall–Kier alpha value is -2.49. The number of benzene rings is 2. The van der Waals surface area contributed by atoms with E-state index in [9.17, 15) is 18.0 Å². The van der Waals surface area contributed by atoms with Crippen molar-refractivity contribution in [2.45, 2.75) is 52.2 Å². The highest BCUT2D eigenvalue weighted by Gasteiger charge is 2.33. The number of carbonyl (C=O) groups excluding carboxylic acids is 2. The zero-order valence-corrected chi connectivity index (χ0v) is 23.7. The molecule has 8 nitrogen and oxygen atoms in total. The molecule has 0 aromatic heterocycles. The maximum Gasteiger partial charge on any atom is 0.244 e. The predicted molar refractivity (Wildman–Crippen MR) is 144 cm³/mol. The van der Waals surface area contributed by atoms with E-state index in [0.29, 0.717) is 17.2 Å². The molecular formula is C25H33Cl2N3O5S. The number of halogens is 2. The summed E-state index contributed by atoms with van der Waals surface area (Å²) < 4.78 is 31.5. The SMILES string of the molecule is CC[C@@H](C(=O)NC(C)(C)C)N(Cc1ccc(OC)cc1)C(=O)CN(c1ccc(Cl)cc1Cl)S(C)(=O)=O. The highest BCUT2D eigenvalue weighted by Crippen LogP contribution is 2.30. The van der Waals surface area contributed by atoms with E-state index in [1.54, 1.807) is 38.3 Å². The number of amides is 2. The molecule has 0 fully saturated rings. The fraction of sp³-hybridized carbons (Fsp3) is 0.440. The second kappa shape index (κ2) is 12.2. The van der Waals surface area contributed by atoms with Crippen LogP contribution in [0.5, 0.6) is 5.75 Å². The van der Waals surface area contributed by atoms with E-state index in [4.69, 9.17) is 27.9 Å². The topological polar surface area (TPSA) is 96.0 Å². The number of sulfonamides is 1. The largest absolute Gasteiger partial charge is 0.497 e. The summed E-state index contributed by atoms with van der Waals surface area (Å²) in [6.45, 7) is 6.88. The highest BCUT2D eigenvalue weighted by molar-refractivity contribution is 7.92. The lowest BCUT2D eigenvalue weighted by atomic mass is 10.1. The molecule has 198 valence electrons. The Labute approximate surface area is 223 Å². The van der Waals surface area contributed by atoms with Crippen molar-refractivity contribution in [2.24, 2.45) is 0 Å². The van der Waals surface area contributed by atoms with E-state index in [1.807, 2.05) is 20.8 Å². The van der Waals surface area contributed by atoms with E-state index >= 15 is 0 Å². The van der Waals surface area contributed by atoms with Gasteiger partial charge in [0.15, 0.2) is 0 Å². The standard InChI is InChI=1S/C25H33Cl2N3O5S/c1-7-21(24(32)28-25(2,3)4)29(15-17-8-11-19(35-5)12-9-17)23(31)16-30(36(6,33)34)22-13-10-18(26)14-20(22)27/h8-14,21H,7,15-16H2,1-6H3,(H,28,32)/t21-/m0/s1. The molecule has 2 aromatic rings. The van der Waals surface area contributed by atoms with Crippen molar-refractivity contribution < 1.29 is 22.7 Å². The van der Waals surface area contributed by atoms with Gasteiger partial charge in [0.05, 0.1) is 24.1 Å². The van der Waals surface area contributed by atoms with Crippen molar-refractivity contribution in [3.05, 3.63) is 58.1 Å². The van der Waals surface area contributed by atoms with Crippen LogP contribution in [0.3, 0.4) is 0 Å². The Morgan fingerprint density at radius 3 is 2.17 bits per heavy atom. The third-order valence-corrected chi connectivity index (χ3v) is 6.92. The van der Waals surface area contributed by atoms with Crippen LogP contribution < -0.4 is 14.4 Å². The maximum absolute atomic E-state index is 13.7. The van der Waals surface area contributed by atoms with Gasteiger partial charge in [-0.25, -0.2) is 8.42 Å². The predicted octanol–water partition coefficient (Wildman–Crippen LogP) is 4.49. The molecule has 0 aliphatic heterocycles. The summed E-state index contributed by atoms with van der Waals surface area (Å²) >= 11 is 12.2. The van der Waals surface area contributed by atoms with Gasteiger partial charge in [-0.1, -0.05) is 42.3 Å². The van der Waals surface area contributed by atoms with Crippen LogP contribution in [0.15, 0.2) is 42.5 Å². The van der Waals surface area contributed by atoms with Gasteiger partial charge in [-0.3, -0.25) is 13.9 Å². The molecule has 1 atom stereocenters. The first kappa shape index (κ1) is 29.7. The lowest BCUT2D eigenvalue weighted by Gasteiger charge is -2.34. The van der Waals surface area contributed by atoms with E-state index in [1.165, 1.54) is 23.1 Å². The first-order valence-corrected chi connectivity index (χ1v) is 13.9. The molecule has 1 N–H and O–H groups in total. The fourth-order valence-electron chi connectivity index (χ4n) is 3.58. The summed E-state index contributed by atoms with van der Waals surface area (Å²) in [4.78, 5) is 28.3. The summed E-state index contributed by atoms with van der Waals surface area (Å²) in [6, 6.07) is 10.6. The van der Waals surface area contributed by atoms with Crippen molar-refractivity contribution in [1.29, 1.82) is 0 Å². The molecule has 36 heavy (non-hydrogen) atoms. The third kappa shape index (κ3) is 8.28. The number of carbonyl (C=O) groups is 2. The van der Waals surface area contributed by atoms with Gasteiger partial charge in [-0.2, -0.15) is 0 Å². The second-order valence-electron chi connectivity index (χ2n) is 9.40. The molecule has 11 heteroatoms. The molecule has 0 bridgehead atoms. The Bertz CT molecular complexity index is 1180. The summed E-state index contributed by atoms with van der Waals surface area (Å²) in [7, 11) is -2.35. The van der Waals surface area contributed by atoms with Crippen LogP contribution in [0.25, 0.3) is 0 Å². The van der Waals surface area contributed by atoms with Gasteiger partial charge in [0.25, 0.3) is 0 Å². The zero-order chi connectivity index (χ0) is 27.3. The van der Waals surface area contributed by atoms with Crippen LogP contribution in [0.4, 0.5) is 5.69 Å². The molecule has 2 rings (SSSR count). The number of anilines is 1. The monoisotopic (exact) mass is 557 g/mol. The molecule has 2 aromatic carbocycles. The van der Waals surface area contributed by atoms with E-state index in [2.05, 4.69) is 5.32 Å². The minimum Gasteiger partial charge on any atom is -0.497 e. The van der Waals surface area contributed by atoms with Crippen molar-refractivity contribution >= 4 is 50.7 Å². The number of methoxy groups -OCH3 is 1. The first-order chi connectivity index (χ1) is 16.7. The highest BCUT2D eigenvalue weighted by atomic mass is 35.5. The van der Waals surface area contributed by atoms with Crippen molar-refractivity contribution in [3.8, 4) is 5.75 Å². The lowest BCUT2D eigenvalue weighted by molar-refractivity contribution is -0.141. The maximum atomic E-state index is 13.7. The summed E-state index contributed by atoms with van der Waals surface area (Å²) in [5, 5.41) is 3.33. The lowest BCUT2D eigenvalue weighted by Crippen LogP contribution is -2.55. The van der Waals surface area contributed by atoms with Crippen LogP contribution in [-0.2, 0) is 26.2 Å². The minimum absolute atomic E-state index is 0.0833. The average molecular weight is 559 g/mol. The van der Waals surface area contributed by atoms with Crippen molar-refractivity contribution in [3.63, 3.8) is 0 Å². The van der Waals surface area contributed by atoms with Gasteiger partial charge in [0, 0.05) is 17.1 Å². The normalized spacial score (nSPS) is 12.6. The second-order valence-corrected chi connectivity index (χ2v) is 12.1. The minimum atomic E-state index is -3.90. The number of ether oxygens (including phenoxy) is 1. The number of nitrogens with one attached hydrogen (secondary N) is 1. The average Bonchev–Trinajstić information content (AvgIpc) is 2.76. The molecule has 0 aliphatic rings. The molecule has 0 unspecified atom stereocenters. The molecule has 0 heterocycles. The van der Waals surface area contributed by atoms with Crippen LogP contribution in [0, 0.1) is 0 Å². The van der Waals surface area contributed by atoms with E-state index in [0.717, 1.165) is 16.1 Å². The molecule has 0 saturated carbocycles. The van der Waals surface area contributed by atoms with Gasteiger partial charge < -0.3 is 15.0 Å². The third-order valence-electron chi connectivity index (χ3n) is 5.25. The van der Waals surface area contributed by atoms with Crippen molar-refractivity contribution in [2.75, 3.05) is 24.2 Å². The summed E-state index contributed by atoms with van der Waals surface area (Å²) in [5.41, 5.74) is 0.352. The molecule has 2 amide bonds. The van der Waals surface area contributed by atoms with Gasteiger partial charge in [0.1, 0.15) is 18.3 Å². The smallest absolute Gasteiger partial charge is 0.244 e. The first-order valence-electron chi connectivity index (χ1n) is 11.3. The Morgan fingerprint density at radius 1 is 1.08 bits per heavy atom. The number of nitrogens with zero attached hydrogens (tertiary/aromatic N) is 2. The molecule has 0 radical (unpaired) electrons.